The van der Waals surface area contributed by atoms with Crippen LogP contribution in [0.4, 0.5) is 0 Å². The minimum atomic E-state index is -0.829. The van der Waals surface area contributed by atoms with Crippen LogP contribution in [0.5, 0.6) is 0 Å². The van der Waals surface area contributed by atoms with Crippen LogP contribution in [0.3, 0.4) is 0 Å². The summed E-state index contributed by atoms with van der Waals surface area (Å²) in [4.78, 5) is 10.9. The van der Waals surface area contributed by atoms with Gasteiger partial charge in [0.05, 0.1) is 0 Å². The number of hydrogen-bond donors (Lipinski definition) is 1. The van der Waals surface area contributed by atoms with Gasteiger partial charge >= 0.3 is 0 Å². The summed E-state index contributed by atoms with van der Waals surface area (Å²) in [6.45, 7) is 6.87. The van der Waals surface area contributed by atoms with Crippen LogP contribution in [0, 0.1) is 5.41 Å². The maximum Gasteiger partial charge on any atom is 0.166 e. The fourth-order valence-corrected chi connectivity index (χ4v) is 0.627. The molecule has 0 fully saturated rings. The van der Waals surface area contributed by atoms with Crippen molar-refractivity contribution in [2.45, 2.75) is 33.8 Å². The zero-order valence-electron chi connectivity index (χ0n) is 6.43. The lowest BCUT2D eigenvalue weighted by molar-refractivity contribution is -0.133. The third-order valence-electron chi connectivity index (χ3n) is 1.12. The average molecular weight is 130 g/mol. The molecule has 0 aliphatic rings. The molecule has 0 aromatic carbocycles. The minimum Gasteiger partial charge on any atom is -0.386 e. The van der Waals surface area contributed by atoms with Crippen LogP contribution in [-0.2, 0) is 4.79 Å². The standard InChI is InChI=1S/C7H14O2/c1-5(8)6(9)7(2,3)4/h5,8H,1-4H3/t5-/m1/s1. The third kappa shape index (κ3) is 2.61. The Morgan fingerprint density at radius 1 is 1.44 bits per heavy atom. The summed E-state index contributed by atoms with van der Waals surface area (Å²) in [5.41, 5.74) is -0.409. The highest BCUT2D eigenvalue weighted by Gasteiger charge is 2.24. The van der Waals surface area contributed by atoms with Gasteiger partial charge in [0.25, 0.3) is 0 Å². The molecule has 0 rings (SSSR count). The fourth-order valence-electron chi connectivity index (χ4n) is 0.627. The van der Waals surface area contributed by atoms with Crippen molar-refractivity contribution in [3.8, 4) is 0 Å². The van der Waals surface area contributed by atoms with Crippen LogP contribution in [0.15, 0.2) is 0 Å². The molecule has 0 spiro atoms. The third-order valence-corrected chi connectivity index (χ3v) is 1.12. The Bertz CT molecular complexity index is 109. The van der Waals surface area contributed by atoms with Crippen LogP contribution in [0.25, 0.3) is 0 Å². The first kappa shape index (κ1) is 8.63. The molecule has 0 unspecified atom stereocenters. The van der Waals surface area contributed by atoms with Gasteiger partial charge in [-0.1, -0.05) is 20.8 Å². The molecule has 2 nitrogen and oxygen atoms in total. The second-order valence-electron chi connectivity index (χ2n) is 3.29. The van der Waals surface area contributed by atoms with Gasteiger partial charge < -0.3 is 5.11 Å². The molecule has 0 saturated carbocycles. The smallest absolute Gasteiger partial charge is 0.166 e. The van der Waals surface area contributed by atoms with Crippen molar-refractivity contribution in [3.05, 3.63) is 0 Å². The molecule has 2 heteroatoms. The van der Waals surface area contributed by atoms with Crippen molar-refractivity contribution in [2.75, 3.05) is 0 Å². The molecule has 0 aromatic rings. The molecule has 0 amide bonds. The van der Waals surface area contributed by atoms with E-state index >= 15 is 0 Å². The Morgan fingerprint density at radius 2 is 1.78 bits per heavy atom. The fraction of sp³-hybridized carbons (Fsp3) is 0.857. The quantitative estimate of drug-likeness (QED) is 0.574. The molecule has 0 radical (unpaired) electrons. The number of Topliss-reactive ketones (excluding diaryl/α,β-unsaturated/α-hetero) is 1. The van der Waals surface area contributed by atoms with E-state index < -0.39 is 11.5 Å². The molecule has 0 aliphatic heterocycles. The van der Waals surface area contributed by atoms with Crippen LogP contribution < -0.4 is 0 Å². The first-order valence-corrected chi connectivity index (χ1v) is 3.08. The van der Waals surface area contributed by atoms with E-state index in [1.54, 1.807) is 20.8 Å². The zero-order valence-corrected chi connectivity index (χ0v) is 6.43. The maximum absolute atomic E-state index is 10.9. The van der Waals surface area contributed by atoms with Gasteiger partial charge in [-0.25, -0.2) is 0 Å². The molecule has 9 heavy (non-hydrogen) atoms. The van der Waals surface area contributed by atoms with Gasteiger partial charge in [-0.2, -0.15) is 0 Å². The summed E-state index contributed by atoms with van der Waals surface area (Å²) in [5.74, 6) is -0.109. The lowest BCUT2D eigenvalue weighted by Crippen LogP contribution is -2.29. The molecular weight excluding hydrogens is 116 g/mol. The van der Waals surface area contributed by atoms with Gasteiger partial charge in [0.2, 0.25) is 0 Å². The van der Waals surface area contributed by atoms with Crippen molar-refractivity contribution >= 4 is 5.78 Å². The molecule has 0 heterocycles. The van der Waals surface area contributed by atoms with Crippen molar-refractivity contribution < 1.29 is 9.90 Å². The average Bonchev–Trinajstić information content (AvgIpc) is 1.62. The van der Waals surface area contributed by atoms with E-state index in [1.165, 1.54) is 6.92 Å². The van der Waals surface area contributed by atoms with Crippen LogP contribution in [0.2, 0.25) is 0 Å². The number of aliphatic hydroxyl groups is 1. The summed E-state index contributed by atoms with van der Waals surface area (Å²) in [6.07, 6.45) is -0.829. The predicted molar refractivity (Wildman–Crippen MR) is 36.1 cm³/mol. The predicted octanol–water partition coefficient (Wildman–Crippen LogP) is 0.982. The number of ketones is 1. The molecule has 0 aromatic heterocycles. The first-order chi connectivity index (χ1) is 3.85. The van der Waals surface area contributed by atoms with Gasteiger partial charge in [-0.05, 0) is 6.92 Å². The van der Waals surface area contributed by atoms with Gasteiger partial charge in [0, 0.05) is 5.41 Å². The Hall–Kier alpha value is -0.370. The van der Waals surface area contributed by atoms with E-state index in [2.05, 4.69) is 0 Å². The maximum atomic E-state index is 10.9. The van der Waals surface area contributed by atoms with E-state index in [0.29, 0.717) is 0 Å². The van der Waals surface area contributed by atoms with E-state index in [1.807, 2.05) is 0 Å². The second kappa shape index (κ2) is 2.48. The summed E-state index contributed by atoms with van der Waals surface area (Å²) >= 11 is 0. The molecular formula is C7H14O2. The molecule has 0 aliphatic carbocycles. The topological polar surface area (TPSA) is 37.3 Å². The largest absolute Gasteiger partial charge is 0.386 e. The zero-order chi connectivity index (χ0) is 7.65. The number of carbonyl (C=O) groups is 1. The first-order valence-electron chi connectivity index (χ1n) is 3.08. The summed E-state index contributed by atoms with van der Waals surface area (Å²) in [5, 5.41) is 8.81. The van der Waals surface area contributed by atoms with E-state index in [4.69, 9.17) is 5.11 Å². The highest BCUT2D eigenvalue weighted by molar-refractivity contribution is 5.87. The summed E-state index contributed by atoms with van der Waals surface area (Å²) in [6, 6.07) is 0. The normalized spacial score (nSPS) is 15.2. The summed E-state index contributed by atoms with van der Waals surface area (Å²) < 4.78 is 0. The molecule has 1 atom stereocenters. The molecule has 54 valence electrons. The van der Waals surface area contributed by atoms with E-state index in [-0.39, 0.29) is 5.78 Å². The number of rotatable bonds is 1. The van der Waals surface area contributed by atoms with Gasteiger partial charge in [0.1, 0.15) is 6.10 Å². The highest BCUT2D eigenvalue weighted by Crippen LogP contribution is 2.16. The Kier molecular flexibility index (Phi) is 2.38. The Labute approximate surface area is 55.9 Å². The Morgan fingerprint density at radius 3 is 1.78 bits per heavy atom. The van der Waals surface area contributed by atoms with Crippen LogP contribution >= 0.6 is 0 Å². The van der Waals surface area contributed by atoms with Crippen molar-refractivity contribution in [3.63, 3.8) is 0 Å². The van der Waals surface area contributed by atoms with Crippen LogP contribution in [-0.4, -0.2) is 17.0 Å². The summed E-state index contributed by atoms with van der Waals surface area (Å²) in [7, 11) is 0. The van der Waals surface area contributed by atoms with Gasteiger partial charge in [-0.15, -0.1) is 0 Å². The van der Waals surface area contributed by atoms with E-state index in [0.717, 1.165) is 0 Å². The van der Waals surface area contributed by atoms with Gasteiger partial charge in [-0.3, -0.25) is 4.79 Å². The number of carbonyl (C=O) groups excluding carboxylic acids is 1. The number of aliphatic hydroxyl groups excluding tert-OH is 1. The van der Waals surface area contributed by atoms with Crippen molar-refractivity contribution in [2.24, 2.45) is 5.41 Å². The van der Waals surface area contributed by atoms with Crippen molar-refractivity contribution in [1.82, 2.24) is 0 Å². The minimum absolute atomic E-state index is 0.109. The second-order valence-corrected chi connectivity index (χ2v) is 3.29. The Balaban J connectivity index is 4.06. The lowest BCUT2D eigenvalue weighted by Gasteiger charge is -2.17. The highest BCUT2D eigenvalue weighted by atomic mass is 16.3. The van der Waals surface area contributed by atoms with Crippen LogP contribution in [0.1, 0.15) is 27.7 Å². The number of hydrogen-bond acceptors (Lipinski definition) is 2. The SMILES string of the molecule is C[C@@H](O)C(=O)C(C)(C)C. The van der Waals surface area contributed by atoms with Crippen molar-refractivity contribution in [1.29, 1.82) is 0 Å². The monoisotopic (exact) mass is 130 g/mol. The van der Waals surface area contributed by atoms with E-state index in [9.17, 15) is 4.79 Å². The van der Waals surface area contributed by atoms with Gasteiger partial charge in [0.15, 0.2) is 5.78 Å². The lowest BCUT2D eigenvalue weighted by atomic mass is 9.88. The molecule has 0 saturated heterocycles. The molecule has 1 N–H and O–H groups in total. The molecule has 0 bridgehead atoms.